The maximum atomic E-state index is 12.3. The number of hydrogen-bond acceptors (Lipinski definition) is 2. The molecule has 1 aromatic carbocycles. The Bertz CT molecular complexity index is 576. The number of halogens is 2. The monoisotopic (exact) mass is 329 g/mol. The third-order valence-electron chi connectivity index (χ3n) is 4.18. The standard InChI is InChI=1S/C15H17Cl2NO3/c1-2-15(14(20)21)5-6-18(9-15)13(19)8-10-3-4-11(16)12(17)7-10/h3-4,7H,2,5-6,8-9H2,1H3,(H,20,21). The first-order chi connectivity index (χ1) is 9.88. The van der Waals surface area contributed by atoms with Gasteiger partial charge >= 0.3 is 5.97 Å². The molecule has 1 N–H and O–H groups in total. The van der Waals surface area contributed by atoms with Gasteiger partial charge in [0, 0.05) is 13.1 Å². The van der Waals surface area contributed by atoms with Crippen LogP contribution in [0.5, 0.6) is 0 Å². The quantitative estimate of drug-likeness (QED) is 0.922. The van der Waals surface area contributed by atoms with Crippen LogP contribution in [0.15, 0.2) is 18.2 Å². The van der Waals surface area contributed by atoms with Gasteiger partial charge in [-0.15, -0.1) is 0 Å². The fourth-order valence-corrected chi connectivity index (χ4v) is 2.96. The van der Waals surface area contributed by atoms with E-state index >= 15 is 0 Å². The summed E-state index contributed by atoms with van der Waals surface area (Å²) in [7, 11) is 0. The number of rotatable bonds is 4. The molecule has 0 bridgehead atoms. The van der Waals surface area contributed by atoms with Crippen LogP contribution in [0, 0.1) is 5.41 Å². The van der Waals surface area contributed by atoms with Crippen molar-refractivity contribution in [3.63, 3.8) is 0 Å². The van der Waals surface area contributed by atoms with Crippen molar-refractivity contribution in [1.82, 2.24) is 4.90 Å². The van der Waals surface area contributed by atoms with E-state index in [-0.39, 0.29) is 18.9 Å². The van der Waals surface area contributed by atoms with Crippen molar-refractivity contribution in [2.75, 3.05) is 13.1 Å². The summed E-state index contributed by atoms with van der Waals surface area (Å²) in [5.41, 5.74) is -0.0217. The first kappa shape index (κ1) is 16.1. The molecule has 0 spiro atoms. The number of carbonyl (C=O) groups is 2. The molecule has 21 heavy (non-hydrogen) atoms. The average molecular weight is 330 g/mol. The Kier molecular flexibility index (Phi) is 4.79. The van der Waals surface area contributed by atoms with Crippen LogP contribution in [-0.2, 0) is 16.0 Å². The van der Waals surface area contributed by atoms with E-state index in [9.17, 15) is 14.7 Å². The number of benzene rings is 1. The minimum absolute atomic E-state index is 0.0787. The van der Waals surface area contributed by atoms with E-state index < -0.39 is 11.4 Å². The van der Waals surface area contributed by atoms with Crippen molar-refractivity contribution < 1.29 is 14.7 Å². The molecule has 0 radical (unpaired) electrons. The van der Waals surface area contributed by atoms with Crippen molar-refractivity contribution in [3.05, 3.63) is 33.8 Å². The minimum atomic E-state index is -0.824. The van der Waals surface area contributed by atoms with Gasteiger partial charge in [-0.2, -0.15) is 0 Å². The van der Waals surface area contributed by atoms with Crippen molar-refractivity contribution in [2.45, 2.75) is 26.2 Å². The highest BCUT2D eigenvalue weighted by atomic mass is 35.5. The lowest BCUT2D eigenvalue weighted by Crippen LogP contribution is -2.37. The van der Waals surface area contributed by atoms with Gasteiger partial charge in [0.15, 0.2) is 0 Å². The Morgan fingerprint density at radius 2 is 2.05 bits per heavy atom. The van der Waals surface area contributed by atoms with Gasteiger partial charge < -0.3 is 10.0 Å². The molecule has 6 heteroatoms. The number of carboxylic acids is 1. The second kappa shape index (κ2) is 6.24. The van der Waals surface area contributed by atoms with Crippen molar-refractivity contribution in [3.8, 4) is 0 Å². The van der Waals surface area contributed by atoms with E-state index in [4.69, 9.17) is 23.2 Å². The lowest BCUT2D eigenvalue weighted by Gasteiger charge is -2.23. The van der Waals surface area contributed by atoms with Crippen LogP contribution in [-0.4, -0.2) is 35.0 Å². The molecule has 0 aliphatic carbocycles. The van der Waals surface area contributed by atoms with Crippen molar-refractivity contribution in [1.29, 1.82) is 0 Å². The van der Waals surface area contributed by atoms with Gasteiger partial charge in [-0.25, -0.2) is 0 Å². The maximum absolute atomic E-state index is 12.3. The largest absolute Gasteiger partial charge is 0.481 e. The van der Waals surface area contributed by atoms with Crippen LogP contribution in [0.1, 0.15) is 25.3 Å². The SMILES string of the molecule is CCC1(C(=O)O)CCN(C(=O)Cc2ccc(Cl)c(Cl)c2)C1. The number of amides is 1. The Hall–Kier alpha value is -1.26. The summed E-state index contributed by atoms with van der Waals surface area (Å²) in [6.07, 6.45) is 1.24. The maximum Gasteiger partial charge on any atom is 0.311 e. The lowest BCUT2D eigenvalue weighted by molar-refractivity contribution is -0.148. The fraction of sp³-hybridized carbons (Fsp3) is 0.467. The van der Waals surface area contributed by atoms with Crippen LogP contribution in [0.4, 0.5) is 0 Å². The second-order valence-corrected chi connectivity index (χ2v) is 6.24. The molecule has 1 aliphatic rings. The number of nitrogens with zero attached hydrogens (tertiary/aromatic N) is 1. The highest BCUT2D eigenvalue weighted by molar-refractivity contribution is 6.42. The molecule has 2 rings (SSSR count). The van der Waals surface area contributed by atoms with E-state index in [0.717, 1.165) is 5.56 Å². The van der Waals surface area contributed by atoms with E-state index in [1.807, 2.05) is 6.92 Å². The fourth-order valence-electron chi connectivity index (χ4n) is 2.64. The Balaban J connectivity index is 2.05. The van der Waals surface area contributed by atoms with Gasteiger partial charge in [0.2, 0.25) is 5.91 Å². The van der Waals surface area contributed by atoms with Gasteiger partial charge in [0.1, 0.15) is 0 Å². The first-order valence-corrected chi connectivity index (χ1v) is 7.58. The highest BCUT2D eigenvalue weighted by Crippen LogP contribution is 2.34. The number of hydrogen-bond donors (Lipinski definition) is 1. The van der Waals surface area contributed by atoms with E-state index in [1.54, 1.807) is 23.1 Å². The number of carbonyl (C=O) groups excluding carboxylic acids is 1. The Morgan fingerprint density at radius 1 is 1.33 bits per heavy atom. The topological polar surface area (TPSA) is 57.6 Å². The molecule has 1 fully saturated rings. The molecule has 1 saturated heterocycles. The molecule has 114 valence electrons. The zero-order chi connectivity index (χ0) is 15.6. The molecular formula is C15H17Cl2NO3. The third kappa shape index (κ3) is 3.33. The lowest BCUT2D eigenvalue weighted by atomic mass is 9.84. The molecular weight excluding hydrogens is 313 g/mol. The van der Waals surface area contributed by atoms with Crippen molar-refractivity contribution >= 4 is 35.1 Å². The summed E-state index contributed by atoms with van der Waals surface area (Å²) in [6.45, 7) is 2.61. The number of likely N-dealkylation sites (tertiary alicyclic amines) is 1. The average Bonchev–Trinajstić information content (AvgIpc) is 2.89. The summed E-state index contributed by atoms with van der Waals surface area (Å²) in [5, 5.41) is 10.2. The predicted octanol–water partition coefficient (Wildman–Crippen LogP) is 3.25. The van der Waals surface area contributed by atoms with Gasteiger partial charge in [-0.1, -0.05) is 36.2 Å². The number of aliphatic carboxylic acids is 1. The number of carboxylic acid groups (broad SMARTS) is 1. The van der Waals surface area contributed by atoms with E-state index in [2.05, 4.69) is 0 Å². The first-order valence-electron chi connectivity index (χ1n) is 6.83. The molecule has 0 saturated carbocycles. The zero-order valence-corrected chi connectivity index (χ0v) is 13.2. The van der Waals surface area contributed by atoms with Crippen LogP contribution in [0.25, 0.3) is 0 Å². The summed E-state index contributed by atoms with van der Waals surface area (Å²) in [6, 6.07) is 5.08. The molecule has 1 heterocycles. The predicted molar refractivity (Wildman–Crippen MR) is 81.7 cm³/mol. The molecule has 1 aliphatic heterocycles. The van der Waals surface area contributed by atoms with Crippen LogP contribution >= 0.6 is 23.2 Å². The Morgan fingerprint density at radius 3 is 2.57 bits per heavy atom. The zero-order valence-electron chi connectivity index (χ0n) is 11.7. The smallest absolute Gasteiger partial charge is 0.311 e. The van der Waals surface area contributed by atoms with Crippen molar-refractivity contribution in [2.24, 2.45) is 5.41 Å². The summed E-state index contributed by atoms with van der Waals surface area (Å²) in [5.74, 6) is -0.903. The highest BCUT2D eigenvalue weighted by Gasteiger charge is 2.44. The second-order valence-electron chi connectivity index (χ2n) is 5.43. The molecule has 1 amide bonds. The normalized spacial score (nSPS) is 21.6. The summed E-state index contributed by atoms with van der Waals surface area (Å²) >= 11 is 11.8. The summed E-state index contributed by atoms with van der Waals surface area (Å²) in [4.78, 5) is 25.3. The Labute approximate surface area is 133 Å². The van der Waals surface area contributed by atoms with Crippen LogP contribution in [0.2, 0.25) is 10.0 Å². The van der Waals surface area contributed by atoms with Crippen LogP contribution < -0.4 is 0 Å². The molecule has 4 nitrogen and oxygen atoms in total. The minimum Gasteiger partial charge on any atom is -0.481 e. The van der Waals surface area contributed by atoms with E-state index in [1.165, 1.54) is 0 Å². The van der Waals surface area contributed by atoms with Gasteiger partial charge in [0.05, 0.1) is 21.9 Å². The molecule has 0 aromatic heterocycles. The third-order valence-corrected chi connectivity index (χ3v) is 4.92. The van der Waals surface area contributed by atoms with Crippen LogP contribution in [0.3, 0.4) is 0 Å². The summed E-state index contributed by atoms with van der Waals surface area (Å²) < 4.78 is 0. The van der Waals surface area contributed by atoms with E-state index in [0.29, 0.717) is 29.4 Å². The molecule has 1 unspecified atom stereocenters. The molecule has 1 aromatic rings. The molecule has 1 atom stereocenters. The van der Waals surface area contributed by atoms with Gasteiger partial charge in [0.25, 0.3) is 0 Å². The van der Waals surface area contributed by atoms with Gasteiger partial charge in [-0.05, 0) is 30.5 Å². The van der Waals surface area contributed by atoms with Gasteiger partial charge in [-0.3, -0.25) is 9.59 Å².